The fraction of sp³-hybridized carbons (Fsp3) is 0.120. The van der Waals surface area contributed by atoms with E-state index in [2.05, 4.69) is 0 Å². The minimum Gasteiger partial charge on any atom is -0.450 e. The van der Waals surface area contributed by atoms with Crippen molar-refractivity contribution in [3.8, 4) is 0 Å². The minimum atomic E-state index is -0.966. The number of hydrogen-bond acceptors (Lipinski definition) is 4. The molecule has 1 N–H and O–H groups in total. The van der Waals surface area contributed by atoms with Gasteiger partial charge in [0, 0.05) is 0 Å². The van der Waals surface area contributed by atoms with Gasteiger partial charge in [0.2, 0.25) is 5.76 Å². The molecule has 0 unspecified atom stereocenters. The summed E-state index contributed by atoms with van der Waals surface area (Å²) in [4.78, 5) is 28.1. The molecular formula is C25H18FNO4. The summed E-state index contributed by atoms with van der Waals surface area (Å²) in [5.74, 6) is -0.949. The molecule has 1 amide bonds. The molecule has 1 aromatic heterocycles. The van der Waals surface area contributed by atoms with Crippen molar-refractivity contribution in [1.82, 2.24) is 4.90 Å². The lowest BCUT2D eigenvalue weighted by atomic mass is 9.98. The number of para-hydroxylation sites is 1. The van der Waals surface area contributed by atoms with Gasteiger partial charge in [0.05, 0.1) is 29.6 Å². The number of nitrogens with zero attached hydrogens (tertiary/aromatic N) is 1. The van der Waals surface area contributed by atoms with Crippen molar-refractivity contribution in [3.63, 3.8) is 0 Å². The molecule has 5 nitrogen and oxygen atoms in total. The van der Waals surface area contributed by atoms with Crippen LogP contribution in [0, 0.1) is 5.82 Å². The summed E-state index contributed by atoms with van der Waals surface area (Å²) < 4.78 is 19.4. The summed E-state index contributed by atoms with van der Waals surface area (Å²) in [5, 5.41) is 11.1. The zero-order valence-corrected chi connectivity index (χ0v) is 16.4. The second-order valence-electron chi connectivity index (χ2n) is 7.51. The zero-order valence-electron chi connectivity index (χ0n) is 16.4. The molecule has 0 saturated carbocycles. The molecule has 0 spiro atoms. The summed E-state index contributed by atoms with van der Waals surface area (Å²) in [6, 6.07) is 20.6. The minimum absolute atomic E-state index is 0.0433. The first-order chi connectivity index (χ1) is 15.0. The van der Waals surface area contributed by atoms with E-state index in [1.807, 2.05) is 6.07 Å². The van der Waals surface area contributed by atoms with Gasteiger partial charge in [-0.2, -0.15) is 0 Å². The Kier molecular flexibility index (Phi) is 4.64. The summed E-state index contributed by atoms with van der Waals surface area (Å²) in [5.41, 5.74) is 1.43. The summed E-state index contributed by atoms with van der Waals surface area (Å²) >= 11 is 0. The van der Waals surface area contributed by atoms with E-state index in [9.17, 15) is 19.1 Å². The van der Waals surface area contributed by atoms with Gasteiger partial charge in [-0.3, -0.25) is 9.59 Å². The topological polar surface area (TPSA) is 70.8 Å². The van der Waals surface area contributed by atoms with Gasteiger partial charge in [-0.15, -0.1) is 0 Å². The average molecular weight is 415 g/mol. The maximum absolute atomic E-state index is 13.6. The number of aliphatic hydroxyl groups is 1. The summed E-state index contributed by atoms with van der Waals surface area (Å²) in [7, 11) is 0. The van der Waals surface area contributed by atoms with Crippen molar-refractivity contribution in [2.75, 3.05) is 6.54 Å². The van der Waals surface area contributed by atoms with Crippen molar-refractivity contribution in [2.24, 2.45) is 0 Å². The number of hydrogen-bond donors (Lipinski definition) is 1. The molecule has 0 fully saturated rings. The van der Waals surface area contributed by atoms with Crippen LogP contribution in [0.25, 0.3) is 11.0 Å². The molecule has 0 saturated heterocycles. The van der Waals surface area contributed by atoms with Crippen LogP contribution in [0.1, 0.15) is 39.4 Å². The van der Waals surface area contributed by atoms with Gasteiger partial charge in [0.15, 0.2) is 5.43 Å². The molecule has 3 aromatic carbocycles. The highest BCUT2D eigenvalue weighted by molar-refractivity contribution is 5.99. The lowest BCUT2D eigenvalue weighted by Gasteiger charge is -2.27. The van der Waals surface area contributed by atoms with E-state index in [1.54, 1.807) is 60.7 Å². The quantitative estimate of drug-likeness (QED) is 0.542. The molecule has 154 valence electrons. The predicted octanol–water partition coefficient (Wildman–Crippen LogP) is 4.21. The van der Waals surface area contributed by atoms with Crippen molar-refractivity contribution in [1.29, 1.82) is 0 Å². The molecule has 0 radical (unpaired) electrons. The van der Waals surface area contributed by atoms with Crippen LogP contribution in [0.5, 0.6) is 0 Å². The van der Waals surface area contributed by atoms with E-state index in [0.29, 0.717) is 22.1 Å². The maximum atomic E-state index is 13.6. The van der Waals surface area contributed by atoms with Crippen molar-refractivity contribution in [2.45, 2.75) is 12.1 Å². The van der Waals surface area contributed by atoms with Crippen LogP contribution in [0.2, 0.25) is 0 Å². The van der Waals surface area contributed by atoms with E-state index in [1.165, 1.54) is 17.0 Å². The second-order valence-corrected chi connectivity index (χ2v) is 7.51. The molecular weight excluding hydrogens is 397 g/mol. The molecule has 31 heavy (non-hydrogen) atoms. The molecule has 4 aromatic rings. The molecule has 1 aliphatic heterocycles. The molecule has 2 atom stereocenters. The molecule has 0 aliphatic carbocycles. The lowest BCUT2D eigenvalue weighted by molar-refractivity contribution is 0.0583. The normalized spacial score (nSPS) is 16.5. The average Bonchev–Trinajstić information content (AvgIpc) is 3.07. The highest BCUT2D eigenvalue weighted by atomic mass is 19.1. The first kappa shape index (κ1) is 19.2. The fourth-order valence-corrected chi connectivity index (χ4v) is 4.11. The first-order valence-electron chi connectivity index (χ1n) is 9.90. The van der Waals surface area contributed by atoms with Crippen LogP contribution < -0.4 is 5.43 Å². The van der Waals surface area contributed by atoms with Crippen molar-refractivity contribution in [3.05, 3.63) is 117 Å². The number of β-amino-alcohol motifs (C(OH)–C–C–N with tert-alkyl or cyclic N) is 1. The number of halogens is 1. The van der Waals surface area contributed by atoms with E-state index in [0.717, 1.165) is 0 Å². The third-order valence-electron chi connectivity index (χ3n) is 5.61. The zero-order chi connectivity index (χ0) is 21.5. The number of amides is 1. The van der Waals surface area contributed by atoms with Gasteiger partial charge in [0.1, 0.15) is 11.4 Å². The highest BCUT2D eigenvalue weighted by Crippen LogP contribution is 2.39. The summed E-state index contributed by atoms with van der Waals surface area (Å²) in [6.45, 7) is -0.0507. The smallest absolute Gasteiger partial charge is 0.291 e. The molecule has 1 aliphatic rings. The van der Waals surface area contributed by atoms with Gasteiger partial charge in [0.25, 0.3) is 5.91 Å². The van der Waals surface area contributed by atoms with E-state index in [4.69, 9.17) is 4.42 Å². The Bertz CT molecular complexity index is 1330. The standard InChI is InChI=1S/C25H18FNO4/c26-17-12-10-16(11-13-17)22-21-23(29)18-8-4-5-9-20(18)31-24(21)25(30)27(22)14-19(28)15-6-2-1-3-7-15/h1-13,19,22,28H,14H2/t19-,22-/m0/s1. The Hall–Kier alpha value is -3.77. The Balaban J connectivity index is 1.67. The van der Waals surface area contributed by atoms with Crippen LogP contribution >= 0.6 is 0 Å². The Labute approximate surface area is 177 Å². The number of carbonyl (C=O) groups excluding carboxylic acids is 1. The fourth-order valence-electron chi connectivity index (χ4n) is 4.11. The number of benzene rings is 3. The lowest BCUT2D eigenvalue weighted by Crippen LogP contribution is -2.33. The molecule has 6 heteroatoms. The van der Waals surface area contributed by atoms with Crippen LogP contribution in [0.3, 0.4) is 0 Å². The Morgan fingerprint density at radius 3 is 2.35 bits per heavy atom. The highest BCUT2D eigenvalue weighted by Gasteiger charge is 2.43. The molecule has 5 rings (SSSR count). The first-order valence-corrected chi connectivity index (χ1v) is 9.90. The van der Waals surface area contributed by atoms with E-state index in [-0.39, 0.29) is 23.3 Å². The Morgan fingerprint density at radius 1 is 0.935 bits per heavy atom. The molecule has 0 bridgehead atoms. The van der Waals surface area contributed by atoms with Gasteiger partial charge in [-0.25, -0.2) is 4.39 Å². The van der Waals surface area contributed by atoms with Gasteiger partial charge in [-0.1, -0.05) is 54.6 Å². The number of rotatable bonds is 4. The third kappa shape index (κ3) is 3.21. The van der Waals surface area contributed by atoms with Crippen molar-refractivity contribution < 1.29 is 18.7 Å². The molecule has 2 heterocycles. The predicted molar refractivity (Wildman–Crippen MR) is 113 cm³/mol. The van der Waals surface area contributed by atoms with Gasteiger partial charge >= 0.3 is 0 Å². The maximum Gasteiger partial charge on any atom is 0.291 e. The van der Waals surface area contributed by atoms with Gasteiger partial charge < -0.3 is 14.4 Å². The van der Waals surface area contributed by atoms with E-state index < -0.39 is 23.9 Å². The van der Waals surface area contributed by atoms with Crippen LogP contribution in [-0.4, -0.2) is 22.5 Å². The van der Waals surface area contributed by atoms with Crippen molar-refractivity contribution >= 4 is 16.9 Å². The Morgan fingerprint density at radius 2 is 1.61 bits per heavy atom. The van der Waals surface area contributed by atoms with E-state index >= 15 is 0 Å². The largest absolute Gasteiger partial charge is 0.450 e. The summed E-state index contributed by atoms with van der Waals surface area (Å²) in [6.07, 6.45) is -0.966. The number of fused-ring (bicyclic) bond motifs is 2. The van der Waals surface area contributed by atoms with Crippen LogP contribution in [0.4, 0.5) is 4.39 Å². The SMILES string of the molecule is O=C1c2oc3ccccc3c(=O)c2[C@H](c2ccc(F)cc2)N1C[C@H](O)c1ccccc1. The number of aliphatic hydroxyl groups excluding tert-OH is 1. The van der Waals surface area contributed by atoms with Crippen LogP contribution in [-0.2, 0) is 0 Å². The van der Waals surface area contributed by atoms with Crippen LogP contribution in [0.15, 0.2) is 88.1 Å². The third-order valence-corrected chi connectivity index (χ3v) is 5.61. The number of carbonyl (C=O) groups is 1. The second kappa shape index (κ2) is 7.49. The monoisotopic (exact) mass is 415 g/mol. The van der Waals surface area contributed by atoms with Gasteiger partial charge in [-0.05, 0) is 35.4 Å².